The maximum Gasteiger partial charge on any atom is 0.308 e. The van der Waals surface area contributed by atoms with E-state index in [0.717, 1.165) is 12.8 Å². The van der Waals surface area contributed by atoms with Crippen LogP contribution in [-0.2, 0) is 14.3 Å². The summed E-state index contributed by atoms with van der Waals surface area (Å²) in [5.74, 6) is -0.273. The average molecular weight is 290 g/mol. The quantitative estimate of drug-likeness (QED) is 0.581. The number of hydrogen-bond acceptors (Lipinski definition) is 6. The molecular weight excluding hydrogens is 264 g/mol. The van der Waals surface area contributed by atoms with E-state index in [1.54, 1.807) is 0 Å². The SMILES string of the molecule is CCC(CC)C(=O)OCCC1CC(O)C(O)C(CO)O1. The number of carbonyl (C=O) groups is 1. The molecule has 1 fully saturated rings. The van der Waals surface area contributed by atoms with Gasteiger partial charge >= 0.3 is 5.97 Å². The summed E-state index contributed by atoms with van der Waals surface area (Å²) < 4.78 is 10.7. The van der Waals surface area contributed by atoms with E-state index in [-0.39, 0.29) is 37.6 Å². The molecule has 0 aromatic rings. The lowest BCUT2D eigenvalue weighted by atomic mass is 9.97. The Bertz CT molecular complexity index is 291. The molecule has 0 saturated carbocycles. The summed E-state index contributed by atoms with van der Waals surface area (Å²) in [6, 6.07) is 0. The summed E-state index contributed by atoms with van der Waals surface area (Å²) in [6.07, 6.45) is -0.839. The summed E-state index contributed by atoms with van der Waals surface area (Å²) >= 11 is 0. The van der Waals surface area contributed by atoms with Gasteiger partial charge in [0.25, 0.3) is 0 Å². The molecule has 0 aromatic heterocycles. The lowest BCUT2D eigenvalue weighted by molar-refractivity contribution is -0.184. The maximum absolute atomic E-state index is 11.7. The fourth-order valence-electron chi connectivity index (χ4n) is 2.41. The minimum absolute atomic E-state index is 0.0696. The van der Waals surface area contributed by atoms with Crippen LogP contribution >= 0.6 is 0 Å². The first-order valence-corrected chi connectivity index (χ1v) is 7.32. The van der Waals surface area contributed by atoms with Gasteiger partial charge in [-0.25, -0.2) is 0 Å². The number of aliphatic hydroxyl groups is 3. The largest absolute Gasteiger partial charge is 0.465 e. The van der Waals surface area contributed by atoms with Crippen molar-refractivity contribution in [1.82, 2.24) is 0 Å². The minimum atomic E-state index is -1.07. The van der Waals surface area contributed by atoms with Crippen LogP contribution in [0.1, 0.15) is 39.5 Å². The van der Waals surface area contributed by atoms with Crippen LogP contribution in [0.15, 0.2) is 0 Å². The fourth-order valence-corrected chi connectivity index (χ4v) is 2.41. The third-order valence-electron chi connectivity index (χ3n) is 3.83. The topological polar surface area (TPSA) is 96.2 Å². The molecule has 1 aliphatic rings. The molecule has 0 bridgehead atoms. The number of aliphatic hydroxyl groups excluding tert-OH is 3. The van der Waals surface area contributed by atoms with Gasteiger partial charge in [-0.3, -0.25) is 4.79 Å². The molecule has 4 atom stereocenters. The molecule has 1 rings (SSSR count). The second-order valence-electron chi connectivity index (χ2n) is 5.24. The van der Waals surface area contributed by atoms with Crippen molar-refractivity contribution < 1.29 is 29.6 Å². The minimum Gasteiger partial charge on any atom is -0.465 e. The zero-order valence-corrected chi connectivity index (χ0v) is 12.2. The Morgan fingerprint density at radius 2 is 2.00 bits per heavy atom. The fraction of sp³-hybridized carbons (Fsp3) is 0.929. The molecule has 3 N–H and O–H groups in total. The van der Waals surface area contributed by atoms with Crippen molar-refractivity contribution in [3.63, 3.8) is 0 Å². The molecule has 0 radical (unpaired) electrons. The second kappa shape index (κ2) is 8.56. The third kappa shape index (κ3) is 4.70. The predicted octanol–water partition coefficient (Wildman–Crippen LogP) is 0.227. The number of esters is 1. The molecule has 0 aliphatic carbocycles. The van der Waals surface area contributed by atoms with Gasteiger partial charge in [0, 0.05) is 12.8 Å². The van der Waals surface area contributed by atoms with Gasteiger partial charge in [-0.1, -0.05) is 13.8 Å². The van der Waals surface area contributed by atoms with Crippen molar-refractivity contribution in [2.45, 2.75) is 63.9 Å². The van der Waals surface area contributed by atoms with E-state index in [1.165, 1.54) is 0 Å². The van der Waals surface area contributed by atoms with Gasteiger partial charge in [-0.05, 0) is 12.8 Å². The summed E-state index contributed by atoms with van der Waals surface area (Å²) in [5, 5.41) is 28.3. The Morgan fingerprint density at radius 3 is 2.55 bits per heavy atom. The molecule has 1 saturated heterocycles. The standard InChI is InChI=1S/C14H26O6/c1-3-9(4-2)14(18)19-6-5-10-7-11(16)13(17)12(8-15)20-10/h9-13,15-17H,3-8H2,1-2H3. The second-order valence-corrected chi connectivity index (χ2v) is 5.24. The Balaban J connectivity index is 2.33. The smallest absolute Gasteiger partial charge is 0.308 e. The van der Waals surface area contributed by atoms with Crippen molar-refractivity contribution in [2.24, 2.45) is 5.92 Å². The molecule has 0 amide bonds. The van der Waals surface area contributed by atoms with Crippen LogP contribution in [0.5, 0.6) is 0 Å². The van der Waals surface area contributed by atoms with Crippen molar-refractivity contribution in [2.75, 3.05) is 13.2 Å². The number of rotatable bonds is 7. The molecule has 6 nitrogen and oxygen atoms in total. The van der Waals surface area contributed by atoms with Gasteiger partial charge in [0.1, 0.15) is 12.2 Å². The first-order valence-electron chi connectivity index (χ1n) is 7.32. The van der Waals surface area contributed by atoms with E-state index in [1.807, 2.05) is 13.8 Å². The molecule has 0 spiro atoms. The molecule has 6 heteroatoms. The van der Waals surface area contributed by atoms with Crippen molar-refractivity contribution in [1.29, 1.82) is 0 Å². The first-order chi connectivity index (χ1) is 9.53. The average Bonchev–Trinajstić information content (AvgIpc) is 2.43. The highest BCUT2D eigenvalue weighted by molar-refractivity contribution is 5.72. The number of ether oxygens (including phenoxy) is 2. The van der Waals surface area contributed by atoms with E-state index in [0.29, 0.717) is 6.42 Å². The first kappa shape index (κ1) is 17.4. The molecular formula is C14H26O6. The molecule has 0 aromatic carbocycles. The van der Waals surface area contributed by atoms with Crippen LogP contribution < -0.4 is 0 Å². The monoisotopic (exact) mass is 290 g/mol. The van der Waals surface area contributed by atoms with E-state index < -0.39 is 18.3 Å². The Hall–Kier alpha value is -0.690. The maximum atomic E-state index is 11.7. The summed E-state index contributed by atoms with van der Waals surface area (Å²) in [5.41, 5.74) is 0. The highest BCUT2D eigenvalue weighted by Gasteiger charge is 2.36. The molecule has 118 valence electrons. The summed E-state index contributed by atoms with van der Waals surface area (Å²) in [7, 11) is 0. The van der Waals surface area contributed by atoms with Crippen LogP contribution in [0.25, 0.3) is 0 Å². The van der Waals surface area contributed by atoms with Crippen LogP contribution in [0.4, 0.5) is 0 Å². The van der Waals surface area contributed by atoms with E-state index >= 15 is 0 Å². The predicted molar refractivity (Wildman–Crippen MR) is 72.0 cm³/mol. The molecule has 1 aliphatic heterocycles. The van der Waals surface area contributed by atoms with Gasteiger partial charge in [-0.15, -0.1) is 0 Å². The Kier molecular flexibility index (Phi) is 7.43. The molecule has 1 heterocycles. The summed E-state index contributed by atoms with van der Waals surface area (Å²) in [6.45, 7) is 3.77. The van der Waals surface area contributed by atoms with Crippen LogP contribution in [0, 0.1) is 5.92 Å². The van der Waals surface area contributed by atoms with Gasteiger partial charge < -0.3 is 24.8 Å². The van der Waals surface area contributed by atoms with E-state index in [9.17, 15) is 15.0 Å². The zero-order chi connectivity index (χ0) is 15.1. The third-order valence-corrected chi connectivity index (χ3v) is 3.83. The highest BCUT2D eigenvalue weighted by atomic mass is 16.5. The van der Waals surface area contributed by atoms with Gasteiger partial charge in [-0.2, -0.15) is 0 Å². The van der Waals surface area contributed by atoms with Crippen LogP contribution in [0.3, 0.4) is 0 Å². The van der Waals surface area contributed by atoms with E-state index in [4.69, 9.17) is 14.6 Å². The van der Waals surface area contributed by atoms with Crippen molar-refractivity contribution in [3.05, 3.63) is 0 Å². The molecule has 20 heavy (non-hydrogen) atoms. The van der Waals surface area contributed by atoms with Gasteiger partial charge in [0.2, 0.25) is 0 Å². The zero-order valence-electron chi connectivity index (χ0n) is 12.2. The molecule has 4 unspecified atom stereocenters. The lowest BCUT2D eigenvalue weighted by Gasteiger charge is -2.36. The summed E-state index contributed by atoms with van der Waals surface area (Å²) in [4.78, 5) is 11.7. The Labute approximate surface area is 119 Å². The van der Waals surface area contributed by atoms with Crippen molar-refractivity contribution in [3.8, 4) is 0 Å². The van der Waals surface area contributed by atoms with Crippen LogP contribution in [0.2, 0.25) is 0 Å². The van der Waals surface area contributed by atoms with Gasteiger partial charge in [0.05, 0.1) is 31.3 Å². The number of carbonyl (C=O) groups excluding carboxylic acids is 1. The van der Waals surface area contributed by atoms with E-state index in [2.05, 4.69) is 0 Å². The highest BCUT2D eigenvalue weighted by Crippen LogP contribution is 2.22. The van der Waals surface area contributed by atoms with Gasteiger partial charge in [0.15, 0.2) is 0 Å². The number of hydrogen-bond donors (Lipinski definition) is 3. The van der Waals surface area contributed by atoms with Crippen molar-refractivity contribution >= 4 is 5.97 Å². The normalized spacial score (nSPS) is 30.5. The Morgan fingerprint density at radius 1 is 1.35 bits per heavy atom. The lowest BCUT2D eigenvalue weighted by Crippen LogP contribution is -2.50. The van der Waals surface area contributed by atoms with Crippen LogP contribution in [-0.4, -0.2) is 58.9 Å².